The van der Waals surface area contributed by atoms with Crippen molar-refractivity contribution in [3.8, 4) is 0 Å². The van der Waals surface area contributed by atoms with Crippen LogP contribution in [0, 0.1) is 0 Å². The lowest BCUT2D eigenvalue weighted by Gasteiger charge is -2.12. The van der Waals surface area contributed by atoms with Gasteiger partial charge >= 0.3 is 5.76 Å². The van der Waals surface area contributed by atoms with Crippen LogP contribution in [0.4, 0.5) is 11.4 Å². The number of aromatic nitrogens is 1. The van der Waals surface area contributed by atoms with Gasteiger partial charge in [0.15, 0.2) is 5.58 Å². The monoisotopic (exact) mass is 297 g/mol. The summed E-state index contributed by atoms with van der Waals surface area (Å²) in [6.07, 6.45) is 0. The van der Waals surface area contributed by atoms with Gasteiger partial charge in [0.25, 0.3) is 5.91 Å². The highest BCUT2D eigenvalue weighted by Gasteiger charge is 2.17. The van der Waals surface area contributed by atoms with Gasteiger partial charge < -0.3 is 15.1 Å². The maximum Gasteiger partial charge on any atom is 0.427 e. The summed E-state index contributed by atoms with van der Waals surface area (Å²) < 4.78 is 6.10. The molecule has 0 bridgehead atoms. The van der Waals surface area contributed by atoms with E-state index in [9.17, 15) is 9.59 Å². The quantitative estimate of drug-likeness (QED) is 0.731. The molecule has 0 spiro atoms. The maximum absolute atomic E-state index is 12.6. The number of oxazole rings is 1. The zero-order chi connectivity index (χ0) is 15.9. The minimum Gasteiger partial charge on any atom is -0.407 e. The molecular weight excluding hydrogens is 282 g/mol. The second-order valence-corrected chi connectivity index (χ2v) is 5.18. The van der Waals surface area contributed by atoms with E-state index in [1.165, 1.54) is 6.07 Å². The highest BCUT2D eigenvalue weighted by Crippen LogP contribution is 2.18. The standard InChI is InChI=1S/C16H15N3O3/c1-18(2)12-6-3-10(4-7-12)15(20)19-13-8-5-11(17)9-14(13)22-16(19)21/h3-9H,17H2,1-2H3. The second kappa shape index (κ2) is 5.07. The largest absolute Gasteiger partial charge is 0.427 e. The van der Waals surface area contributed by atoms with E-state index in [0.29, 0.717) is 22.4 Å². The van der Waals surface area contributed by atoms with Crippen molar-refractivity contribution in [2.45, 2.75) is 0 Å². The number of carbonyl (C=O) groups excluding carboxylic acids is 1. The molecule has 0 saturated carbocycles. The Bertz CT molecular complexity index is 905. The van der Waals surface area contributed by atoms with Gasteiger partial charge in [-0.25, -0.2) is 9.36 Å². The number of rotatable bonds is 2. The minimum atomic E-state index is -0.720. The fourth-order valence-electron chi connectivity index (χ4n) is 2.26. The van der Waals surface area contributed by atoms with Crippen LogP contribution in [0.3, 0.4) is 0 Å². The van der Waals surface area contributed by atoms with Gasteiger partial charge in [-0.15, -0.1) is 0 Å². The third-order valence-electron chi connectivity index (χ3n) is 3.44. The third-order valence-corrected chi connectivity index (χ3v) is 3.44. The summed E-state index contributed by atoms with van der Waals surface area (Å²) in [7, 11) is 3.82. The van der Waals surface area contributed by atoms with Crippen LogP contribution in [0.25, 0.3) is 11.1 Å². The van der Waals surface area contributed by atoms with Crippen molar-refractivity contribution < 1.29 is 9.21 Å². The highest BCUT2D eigenvalue weighted by molar-refractivity contribution is 6.01. The zero-order valence-corrected chi connectivity index (χ0v) is 12.2. The van der Waals surface area contributed by atoms with E-state index in [4.69, 9.17) is 10.2 Å². The van der Waals surface area contributed by atoms with E-state index < -0.39 is 11.7 Å². The number of benzene rings is 2. The Hall–Kier alpha value is -3.02. The molecule has 2 aromatic carbocycles. The fraction of sp³-hybridized carbons (Fsp3) is 0.125. The summed E-state index contributed by atoms with van der Waals surface area (Å²) in [4.78, 5) is 26.5. The Morgan fingerprint density at radius 3 is 2.45 bits per heavy atom. The van der Waals surface area contributed by atoms with E-state index in [0.717, 1.165) is 10.3 Å². The third kappa shape index (κ3) is 2.24. The first-order valence-corrected chi connectivity index (χ1v) is 6.70. The van der Waals surface area contributed by atoms with Crippen LogP contribution in [-0.2, 0) is 0 Å². The fourth-order valence-corrected chi connectivity index (χ4v) is 2.26. The Kier molecular flexibility index (Phi) is 3.21. The predicted octanol–water partition coefficient (Wildman–Crippen LogP) is 1.93. The van der Waals surface area contributed by atoms with Gasteiger partial charge in [0.1, 0.15) is 0 Å². The van der Waals surface area contributed by atoms with Gasteiger partial charge in [-0.05, 0) is 36.4 Å². The van der Waals surface area contributed by atoms with Crippen LogP contribution in [0.15, 0.2) is 51.7 Å². The van der Waals surface area contributed by atoms with Crippen molar-refractivity contribution >= 4 is 28.4 Å². The van der Waals surface area contributed by atoms with Crippen molar-refractivity contribution in [3.63, 3.8) is 0 Å². The molecule has 0 fully saturated rings. The Morgan fingerprint density at radius 2 is 1.82 bits per heavy atom. The van der Waals surface area contributed by atoms with Crippen molar-refractivity contribution in [1.29, 1.82) is 0 Å². The smallest absolute Gasteiger partial charge is 0.407 e. The van der Waals surface area contributed by atoms with Crippen LogP contribution < -0.4 is 16.4 Å². The SMILES string of the molecule is CN(C)c1ccc(C(=O)n2c(=O)oc3cc(N)ccc32)cc1. The Balaban J connectivity index is 2.09. The lowest BCUT2D eigenvalue weighted by atomic mass is 10.2. The van der Waals surface area contributed by atoms with E-state index in [1.807, 2.05) is 31.1 Å². The molecule has 0 aliphatic heterocycles. The molecule has 22 heavy (non-hydrogen) atoms. The Morgan fingerprint density at radius 1 is 1.14 bits per heavy atom. The first-order valence-electron chi connectivity index (χ1n) is 6.70. The molecule has 3 aromatic rings. The molecule has 0 radical (unpaired) electrons. The van der Waals surface area contributed by atoms with Gasteiger partial charge in [-0.2, -0.15) is 0 Å². The molecule has 0 amide bonds. The zero-order valence-electron chi connectivity index (χ0n) is 12.2. The van der Waals surface area contributed by atoms with E-state index in [-0.39, 0.29) is 0 Å². The maximum atomic E-state index is 12.6. The van der Waals surface area contributed by atoms with Crippen molar-refractivity contribution in [1.82, 2.24) is 4.57 Å². The van der Waals surface area contributed by atoms with Crippen LogP contribution in [0.5, 0.6) is 0 Å². The average Bonchev–Trinajstić information content (AvgIpc) is 2.81. The van der Waals surface area contributed by atoms with Gasteiger partial charge in [0, 0.05) is 37.1 Å². The van der Waals surface area contributed by atoms with Gasteiger partial charge in [0.05, 0.1) is 5.52 Å². The molecule has 1 aromatic heterocycles. The summed E-state index contributed by atoms with van der Waals surface area (Å²) in [5.74, 6) is -1.15. The van der Waals surface area contributed by atoms with Gasteiger partial charge in [-0.1, -0.05) is 0 Å². The van der Waals surface area contributed by atoms with E-state index in [2.05, 4.69) is 0 Å². The van der Waals surface area contributed by atoms with Crippen LogP contribution in [0.1, 0.15) is 10.4 Å². The molecule has 1 heterocycles. The van der Waals surface area contributed by atoms with Crippen molar-refractivity contribution in [2.75, 3.05) is 24.7 Å². The number of nitrogens with two attached hydrogens (primary N) is 1. The summed E-state index contributed by atoms with van der Waals surface area (Å²) in [5, 5.41) is 0. The van der Waals surface area contributed by atoms with Gasteiger partial charge in [-0.3, -0.25) is 4.79 Å². The first kappa shape index (κ1) is 13.9. The molecule has 0 aliphatic rings. The second-order valence-electron chi connectivity index (χ2n) is 5.18. The van der Waals surface area contributed by atoms with Crippen LogP contribution in [0.2, 0.25) is 0 Å². The van der Waals surface area contributed by atoms with Gasteiger partial charge in [0.2, 0.25) is 0 Å². The molecule has 3 rings (SSSR count). The number of hydrogen-bond donors (Lipinski definition) is 1. The summed E-state index contributed by atoms with van der Waals surface area (Å²) in [6, 6.07) is 11.7. The minimum absolute atomic E-state index is 0.295. The lowest BCUT2D eigenvalue weighted by Crippen LogP contribution is -2.23. The van der Waals surface area contributed by atoms with Crippen molar-refractivity contribution in [2.24, 2.45) is 0 Å². The molecule has 0 aliphatic carbocycles. The number of carbonyl (C=O) groups is 1. The predicted molar refractivity (Wildman–Crippen MR) is 85.4 cm³/mol. The van der Waals surface area contributed by atoms with Crippen LogP contribution >= 0.6 is 0 Å². The molecule has 0 atom stereocenters. The number of fused-ring (bicyclic) bond motifs is 1. The molecule has 0 unspecified atom stereocenters. The summed E-state index contributed by atoms with van der Waals surface area (Å²) >= 11 is 0. The Labute approximate surface area is 126 Å². The highest BCUT2D eigenvalue weighted by atomic mass is 16.4. The number of nitrogen functional groups attached to an aromatic ring is 1. The first-order chi connectivity index (χ1) is 10.5. The molecule has 6 heteroatoms. The topological polar surface area (TPSA) is 81.5 Å². The summed E-state index contributed by atoms with van der Waals surface area (Å²) in [5.41, 5.74) is 8.20. The van der Waals surface area contributed by atoms with Crippen molar-refractivity contribution in [3.05, 3.63) is 58.6 Å². The number of nitrogens with zero attached hydrogens (tertiary/aromatic N) is 2. The molecule has 0 saturated heterocycles. The van der Waals surface area contributed by atoms with E-state index >= 15 is 0 Å². The molecule has 112 valence electrons. The summed E-state index contributed by atoms with van der Waals surface area (Å²) in [6.45, 7) is 0. The molecular formula is C16H15N3O3. The lowest BCUT2D eigenvalue weighted by molar-refractivity contribution is 0.0956. The number of hydrogen-bond acceptors (Lipinski definition) is 5. The van der Waals surface area contributed by atoms with E-state index in [1.54, 1.807) is 24.3 Å². The molecule has 6 nitrogen and oxygen atoms in total. The molecule has 2 N–H and O–H groups in total. The van der Waals surface area contributed by atoms with Crippen LogP contribution in [-0.4, -0.2) is 24.6 Å². The normalized spacial score (nSPS) is 10.8. The average molecular weight is 297 g/mol. The number of anilines is 2.